The highest BCUT2D eigenvalue weighted by Gasteiger charge is 2.39. The van der Waals surface area contributed by atoms with Gasteiger partial charge in [-0.05, 0) is 89.3 Å². The van der Waals surface area contributed by atoms with Gasteiger partial charge in [0.05, 0.1) is 12.7 Å². The SMILES string of the molecule is COc1ccc2cc([C@H]3C[C@@H](c4cc(C(F)(F)F)ccc4F)CN3C(C)c3ccc(C(=O)NCCC=O)cc3)ccc2c1. The van der Waals surface area contributed by atoms with Crippen LogP contribution in [0.3, 0.4) is 0 Å². The third-order valence-corrected chi connectivity index (χ3v) is 8.26. The second kappa shape index (κ2) is 12.6. The van der Waals surface area contributed by atoms with E-state index in [-0.39, 0.29) is 36.5 Å². The predicted molar refractivity (Wildman–Crippen MR) is 157 cm³/mol. The summed E-state index contributed by atoms with van der Waals surface area (Å²) in [5.74, 6) is -0.670. The number of amides is 1. The van der Waals surface area contributed by atoms with Gasteiger partial charge < -0.3 is 14.8 Å². The van der Waals surface area contributed by atoms with Gasteiger partial charge in [-0.15, -0.1) is 0 Å². The van der Waals surface area contributed by atoms with Crippen LogP contribution in [0.1, 0.15) is 70.4 Å². The molecule has 0 aromatic heterocycles. The average Bonchev–Trinajstić information content (AvgIpc) is 3.45. The fourth-order valence-corrected chi connectivity index (χ4v) is 5.90. The zero-order valence-corrected chi connectivity index (χ0v) is 23.8. The van der Waals surface area contributed by atoms with Crippen molar-refractivity contribution in [1.82, 2.24) is 10.2 Å². The Hall–Kier alpha value is -4.24. The minimum absolute atomic E-state index is 0.0578. The summed E-state index contributed by atoms with van der Waals surface area (Å²) in [7, 11) is 1.60. The highest BCUT2D eigenvalue weighted by atomic mass is 19.4. The van der Waals surface area contributed by atoms with Crippen LogP contribution in [0.4, 0.5) is 17.6 Å². The van der Waals surface area contributed by atoms with Gasteiger partial charge in [0, 0.05) is 43.1 Å². The van der Waals surface area contributed by atoms with Crippen molar-refractivity contribution in [2.45, 2.75) is 43.9 Å². The smallest absolute Gasteiger partial charge is 0.416 e. The fourth-order valence-electron chi connectivity index (χ4n) is 5.90. The van der Waals surface area contributed by atoms with Gasteiger partial charge in [-0.3, -0.25) is 9.69 Å². The Morgan fingerprint density at radius 1 is 1.02 bits per heavy atom. The number of hydrogen-bond acceptors (Lipinski definition) is 4. The number of carbonyl (C=O) groups excluding carboxylic acids is 2. The largest absolute Gasteiger partial charge is 0.497 e. The van der Waals surface area contributed by atoms with Gasteiger partial charge in [0.1, 0.15) is 17.9 Å². The predicted octanol–water partition coefficient (Wildman–Crippen LogP) is 7.62. The van der Waals surface area contributed by atoms with Crippen molar-refractivity contribution in [3.05, 3.63) is 112 Å². The number of alkyl halides is 3. The maximum atomic E-state index is 15.0. The normalized spacial score (nSPS) is 18.0. The van der Waals surface area contributed by atoms with E-state index in [0.717, 1.165) is 52.1 Å². The van der Waals surface area contributed by atoms with Crippen LogP contribution >= 0.6 is 0 Å². The van der Waals surface area contributed by atoms with E-state index >= 15 is 4.39 Å². The molecule has 0 spiro atoms. The van der Waals surface area contributed by atoms with E-state index in [1.165, 1.54) is 0 Å². The molecule has 4 aromatic carbocycles. The van der Waals surface area contributed by atoms with Crippen LogP contribution in [-0.2, 0) is 11.0 Å². The van der Waals surface area contributed by atoms with Gasteiger partial charge in [0.25, 0.3) is 5.91 Å². The summed E-state index contributed by atoms with van der Waals surface area (Å²) in [6.07, 6.45) is -3.18. The summed E-state index contributed by atoms with van der Waals surface area (Å²) < 4.78 is 61.0. The molecular formula is C34H32F4N2O3. The van der Waals surface area contributed by atoms with Crippen LogP contribution in [-0.4, -0.2) is 37.3 Å². The van der Waals surface area contributed by atoms with Crippen molar-refractivity contribution in [3.63, 3.8) is 0 Å². The van der Waals surface area contributed by atoms with E-state index in [1.54, 1.807) is 19.2 Å². The number of ether oxygens (including phenoxy) is 1. The van der Waals surface area contributed by atoms with Gasteiger partial charge in [-0.1, -0.05) is 30.3 Å². The highest BCUT2D eigenvalue weighted by molar-refractivity contribution is 5.94. The van der Waals surface area contributed by atoms with Crippen molar-refractivity contribution in [1.29, 1.82) is 0 Å². The molecule has 1 amide bonds. The number of hydrogen-bond donors (Lipinski definition) is 1. The Bertz CT molecular complexity index is 1620. The molecule has 1 N–H and O–H groups in total. The molecule has 0 aliphatic carbocycles. The van der Waals surface area contributed by atoms with Crippen LogP contribution < -0.4 is 10.1 Å². The van der Waals surface area contributed by atoms with Crippen molar-refractivity contribution in [2.24, 2.45) is 0 Å². The summed E-state index contributed by atoms with van der Waals surface area (Å²) in [5.41, 5.74) is 1.53. The summed E-state index contributed by atoms with van der Waals surface area (Å²) in [6.45, 7) is 2.60. The Morgan fingerprint density at radius 3 is 2.44 bits per heavy atom. The first-order chi connectivity index (χ1) is 20.6. The van der Waals surface area contributed by atoms with Crippen molar-refractivity contribution < 1.29 is 31.9 Å². The van der Waals surface area contributed by atoms with Crippen LogP contribution in [0.5, 0.6) is 5.75 Å². The lowest BCUT2D eigenvalue weighted by molar-refractivity contribution is -0.137. The zero-order valence-electron chi connectivity index (χ0n) is 23.8. The molecule has 4 aromatic rings. The van der Waals surface area contributed by atoms with Gasteiger partial charge in [0.2, 0.25) is 0 Å². The summed E-state index contributed by atoms with van der Waals surface area (Å²) in [5, 5.41) is 4.67. The minimum Gasteiger partial charge on any atom is -0.497 e. The zero-order chi connectivity index (χ0) is 30.7. The molecule has 3 atom stereocenters. The minimum atomic E-state index is -4.58. The molecule has 43 heavy (non-hydrogen) atoms. The second-order valence-electron chi connectivity index (χ2n) is 10.9. The molecule has 1 fully saturated rings. The molecule has 1 aliphatic heterocycles. The van der Waals surface area contributed by atoms with E-state index in [4.69, 9.17) is 4.74 Å². The number of rotatable bonds is 9. The van der Waals surface area contributed by atoms with Crippen molar-refractivity contribution >= 4 is 23.0 Å². The maximum absolute atomic E-state index is 15.0. The summed E-state index contributed by atoms with van der Waals surface area (Å²) in [6, 6.07) is 21.2. The average molecular weight is 593 g/mol. The van der Waals surface area contributed by atoms with Gasteiger partial charge in [-0.2, -0.15) is 13.2 Å². The molecule has 0 bridgehead atoms. The Labute approximate surface area is 247 Å². The number of likely N-dealkylation sites (tertiary alicyclic amines) is 1. The quantitative estimate of drug-likeness (QED) is 0.123. The number of nitrogens with one attached hydrogen (secondary N) is 1. The number of methoxy groups -OCH3 is 1. The molecule has 224 valence electrons. The first kappa shape index (κ1) is 30.2. The van der Waals surface area contributed by atoms with Crippen LogP contribution in [0, 0.1) is 5.82 Å². The summed E-state index contributed by atoms with van der Waals surface area (Å²) in [4.78, 5) is 25.1. The van der Waals surface area contributed by atoms with Crippen LogP contribution in [0.25, 0.3) is 10.8 Å². The topological polar surface area (TPSA) is 58.6 Å². The molecule has 5 nitrogen and oxygen atoms in total. The van der Waals surface area contributed by atoms with E-state index in [9.17, 15) is 22.8 Å². The molecule has 1 aliphatic rings. The molecule has 0 radical (unpaired) electrons. The third-order valence-electron chi connectivity index (χ3n) is 8.26. The molecule has 0 saturated carbocycles. The number of carbonyl (C=O) groups is 2. The monoisotopic (exact) mass is 592 g/mol. The van der Waals surface area contributed by atoms with Crippen LogP contribution in [0.2, 0.25) is 0 Å². The van der Waals surface area contributed by atoms with E-state index in [1.807, 2.05) is 49.4 Å². The third kappa shape index (κ3) is 6.57. The maximum Gasteiger partial charge on any atom is 0.416 e. The molecule has 1 unspecified atom stereocenters. The Kier molecular flexibility index (Phi) is 8.82. The van der Waals surface area contributed by atoms with Gasteiger partial charge >= 0.3 is 6.18 Å². The highest BCUT2D eigenvalue weighted by Crippen LogP contribution is 2.46. The standard InChI is InChI=1S/C34H32F4N2O3/c1-21(22-4-6-23(7-5-22)33(42)39-14-3-15-41)40-20-27(30-19-28(34(36,37)38)11-13-31(30)35)18-32(40)26-9-8-25-17-29(43-2)12-10-24(25)16-26/h4-13,15-17,19,21,27,32H,3,14,18,20H2,1-2H3,(H,39,42)/t21?,27-,32-/m1/s1. The van der Waals surface area contributed by atoms with Crippen molar-refractivity contribution in [2.75, 3.05) is 20.2 Å². The lowest BCUT2D eigenvalue weighted by Crippen LogP contribution is -2.28. The number of nitrogens with zero attached hydrogens (tertiary/aromatic N) is 1. The second-order valence-corrected chi connectivity index (χ2v) is 10.9. The number of aldehydes is 1. The first-order valence-corrected chi connectivity index (χ1v) is 14.1. The molecular weight excluding hydrogens is 560 g/mol. The molecule has 5 rings (SSSR count). The van der Waals surface area contributed by atoms with Gasteiger partial charge in [0.15, 0.2) is 0 Å². The van der Waals surface area contributed by atoms with E-state index < -0.39 is 23.5 Å². The van der Waals surface area contributed by atoms with Crippen LogP contribution in [0.15, 0.2) is 78.9 Å². The lowest BCUT2D eigenvalue weighted by Gasteiger charge is -2.31. The lowest BCUT2D eigenvalue weighted by atomic mass is 9.91. The molecule has 1 heterocycles. The number of halogens is 4. The molecule has 9 heteroatoms. The number of fused-ring (bicyclic) bond motifs is 1. The Morgan fingerprint density at radius 2 is 1.74 bits per heavy atom. The fraction of sp³-hybridized carbons (Fsp3) is 0.294. The summed E-state index contributed by atoms with van der Waals surface area (Å²) >= 11 is 0. The molecule has 1 saturated heterocycles. The Balaban J connectivity index is 1.48. The van der Waals surface area contributed by atoms with E-state index in [2.05, 4.69) is 16.3 Å². The number of benzene rings is 4. The first-order valence-electron chi connectivity index (χ1n) is 14.1. The van der Waals surface area contributed by atoms with Crippen molar-refractivity contribution in [3.8, 4) is 5.75 Å². The van der Waals surface area contributed by atoms with E-state index in [0.29, 0.717) is 18.5 Å². The van der Waals surface area contributed by atoms with Gasteiger partial charge in [-0.25, -0.2) is 4.39 Å².